The Labute approximate surface area is 153 Å². The van der Waals surface area contributed by atoms with Crippen LogP contribution in [0.1, 0.15) is 0 Å². The summed E-state index contributed by atoms with van der Waals surface area (Å²) in [6.45, 7) is 0. The highest BCUT2D eigenvalue weighted by Gasteiger charge is 2.52. The number of ether oxygens (including phenoxy) is 3. The molecular weight excluding hydrogens is 385 g/mol. The van der Waals surface area contributed by atoms with Gasteiger partial charge in [0.2, 0.25) is 17.7 Å². The minimum absolute atomic E-state index is 0.0473. The van der Waals surface area contributed by atoms with Crippen LogP contribution in [0.3, 0.4) is 0 Å². The number of aliphatic hydroxyl groups is 2. The lowest BCUT2D eigenvalue weighted by Crippen LogP contribution is -2.62. The summed E-state index contributed by atoms with van der Waals surface area (Å²) in [6.07, 6.45) is -5.79. The van der Waals surface area contributed by atoms with E-state index < -0.39 is 46.1 Å². The topological polar surface area (TPSA) is 135 Å². The molecule has 1 aromatic carbocycles. The lowest BCUT2D eigenvalue weighted by molar-refractivity contribution is -0.248. The van der Waals surface area contributed by atoms with E-state index in [1.165, 1.54) is 18.2 Å². The molecule has 0 aliphatic carbocycles. The number of halogens is 1. The molecule has 1 fully saturated rings. The molecule has 3 N–H and O–H groups in total. The molecule has 0 spiro atoms. The van der Waals surface area contributed by atoms with Crippen LogP contribution in [0, 0.1) is 5.95 Å². The molecule has 27 heavy (non-hydrogen) atoms. The van der Waals surface area contributed by atoms with Crippen LogP contribution >= 0.6 is 0 Å². The SMILES string of the molecule is O=S(=O)(O)C1O[C@@H](Oc2ccccc2)[C@H](O)[C@@H](Oc2ccc(F)nc2)[C@@H]1O. The first kappa shape index (κ1) is 19.5. The molecule has 11 heteroatoms. The maximum atomic E-state index is 12.9. The summed E-state index contributed by atoms with van der Waals surface area (Å²) in [6, 6.07) is 10.2. The predicted molar refractivity (Wildman–Crippen MR) is 87.9 cm³/mol. The Kier molecular flexibility index (Phi) is 5.58. The van der Waals surface area contributed by atoms with Crippen molar-refractivity contribution in [1.82, 2.24) is 4.98 Å². The smallest absolute Gasteiger partial charge is 0.295 e. The third-order valence-electron chi connectivity index (χ3n) is 3.76. The van der Waals surface area contributed by atoms with Crippen molar-refractivity contribution in [3.05, 3.63) is 54.6 Å². The van der Waals surface area contributed by atoms with Gasteiger partial charge in [0, 0.05) is 0 Å². The van der Waals surface area contributed by atoms with E-state index in [9.17, 15) is 27.6 Å². The van der Waals surface area contributed by atoms with Crippen LogP contribution < -0.4 is 9.47 Å². The van der Waals surface area contributed by atoms with Gasteiger partial charge in [0.1, 0.15) is 17.6 Å². The van der Waals surface area contributed by atoms with E-state index in [-0.39, 0.29) is 11.5 Å². The number of pyridine rings is 1. The van der Waals surface area contributed by atoms with Crippen molar-refractivity contribution in [2.75, 3.05) is 0 Å². The van der Waals surface area contributed by atoms with E-state index in [0.717, 1.165) is 12.3 Å². The highest BCUT2D eigenvalue weighted by atomic mass is 32.2. The number of aliphatic hydroxyl groups excluding tert-OH is 2. The van der Waals surface area contributed by atoms with E-state index in [4.69, 9.17) is 14.2 Å². The molecule has 2 heterocycles. The first-order valence-corrected chi connectivity index (χ1v) is 9.24. The molecule has 9 nitrogen and oxygen atoms in total. The molecule has 1 aliphatic rings. The van der Waals surface area contributed by atoms with Crippen molar-refractivity contribution in [2.24, 2.45) is 0 Å². The number of nitrogens with zero attached hydrogens (tertiary/aromatic N) is 1. The van der Waals surface area contributed by atoms with Gasteiger partial charge in [0.05, 0.1) is 6.20 Å². The maximum Gasteiger partial charge on any atom is 0.295 e. The fourth-order valence-electron chi connectivity index (χ4n) is 2.51. The normalized spacial score (nSPS) is 28.5. The number of hydrogen-bond donors (Lipinski definition) is 3. The van der Waals surface area contributed by atoms with Crippen molar-refractivity contribution < 1.29 is 41.8 Å². The highest BCUT2D eigenvalue weighted by molar-refractivity contribution is 7.86. The molecule has 1 aromatic heterocycles. The van der Waals surface area contributed by atoms with Crippen LogP contribution in [-0.2, 0) is 14.9 Å². The quantitative estimate of drug-likeness (QED) is 0.479. The van der Waals surface area contributed by atoms with E-state index in [1.54, 1.807) is 18.2 Å². The summed E-state index contributed by atoms with van der Waals surface area (Å²) in [5.74, 6) is -0.584. The number of aromatic nitrogens is 1. The standard InChI is InChI=1S/C16H16FNO8S/c17-11-7-6-10(8-18-11)24-14-12(19)15(25-9-4-2-1-3-5-9)26-16(13(14)20)27(21,22)23/h1-8,12-16,19-20H,(H,21,22,23)/t12-,13+,14-,15-,16?/m1/s1. The van der Waals surface area contributed by atoms with Gasteiger partial charge in [0.25, 0.3) is 10.1 Å². The Hall–Kier alpha value is -2.31. The summed E-state index contributed by atoms with van der Waals surface area (Å²) >= 11 is 0. The van der Waals surface area contributed by atoms with Crippen molar-refractivity contribution in [1.29, 1.82) is 0 Å². The average molecular weight is 401 g/mol. The second kappa shape index (κ2) is 7.74. The van der Waals surface area contributed by atoms with E-state index in [2.05, 4.69) is 4.98 Å². The molecule has 1 unspecified atom stereocenters. The van der Waals surface area contributed by atoms with Crippen molar-refractivity contribution in [3.63, 3.8) is 0 Å². The molecule has 1 aliphatic heterocycles. The van der Waals surface area contributed by atoms with Gasteiger partial charge in [-0.25, -0.2) is 4.98 Å². The van der Waals surface area contributed by atoms with E-state index >= 15 is 0 Å². The van der Waals surface area contributed by atoms with Crippen LogP contribution in [0.4, 0.5) is 4.39 Å². The maximum absolute atomic E-state index is 12.9. The third kappa shape index (κ3) is 4.51. The van der Waals surface area contributed by atoms with Crippen LogP contribution in [0.2, 0.25) is 0 Å². The Bertz CT molecular complexity index is 864. The molecule has 0 bridgehead atoms. The summed E-state index contributed by atoms with van der Waals surface area (Å²) < 4.78 is 61.2. The molecule has 0 radical (unpaired) electrons. The number of hydrogen-bond acceptors (Lipinski definition) is 8. The fourth-order valence-corrected chi connectivity index (χ4v) is 3.27. The zero-order valence-electron chi connectivity index (χ0n) is 13.6. The Morgan fingerprint density at radius 1 is 1.00 bits per heavy atom. The fraction of sp³-hybridized carbons (Fsp3) is 0.312. The van der Waals surface area contributed by atoms with Gasteiger partial charge in [-0.1, -0.05) is 18.2 Å². The second-order valence-corrected chi connectivity index (χ2v) is 7.19. The Morgan fingerprint density at radius 2 is 1.70 bits per heavy atom. The molecule has 2 aromatic rings. The summed E-state index contributed by atoms with van der Waals surface area (Å²) in [7, 11) is -4.87. The van der Waals surface area contributed by atoms with Crippen molar-refractivity contribution in [3.8, 4) is 11.5 Å². The molecule has 0 saturated carbocycles. The Morgan fingerprint density at radius 3 is 2.30 bits per heavy atom. The molecule has 5 atom stereocenters. The average Bonchev–Trinajstić information content (AvgIpc) is 2.62. The predicted octanol–water partition coefficient (Wildman–Crippen LogP) is 0.339. The van der Waals surface area contributed by atoms with Gasteiger partial charge in [-0.2, -0.15) is 12.8 Å². The van der Waals surface area contributed by atoms with Gasteiger partial charge in [-0.05, 0) is 24.3 Å². The molecule has 146 valence electrons. The van der Waals surface area contributed by atoms with Crippen LogP contribution in [0.15, 0.2) is 48.7 Å². The van der Waals surface area contributed by atoms with Crippen LogP contribution in [0.5, 0.6) is 11.5 Å². The largest absolute Gasteiger partial charge is 0.483 e. The van der Waals surface area contributed by atoms with Gasteiger partial charge in [-0.15, -0.1) is 0 Å². The Balaban J connectivity index is 1.87. The van der Waals surface area contributed by atoms with Crippen LogP contribution in [0.25, 0.3) is 0 Å². The van der Waals surface area contributed by atoms with E-state index in [1.807, 2.05) is 0 Å². The first-order valence-electron chi connectivity index (χ1n) is 7.73. The number of para-hydroxylation sites is 1. The van der Waals surface area contributed by atoms with Gasteiger partial charge < -0.3 is 24.4 Å². The second-order valence-electron chi connectivity index (χ2n) is 5.70. The van der Waals surface area contributed by atoms with Gasteiger partial charge in [0.15, 0.2) is 12.2 Å². The lowest BCUT2D eigenvalue weighted by atomic mass is 10.0. The first-order chi connectivity index (χ1) is 12.8. The number of rotatable bonds is 5. The minimum atomic E-state index is -4.87. The molecule has 1 saturated heterocycles. The van der Waals surface area contributed by atoms with Crippen molar-refractivity contribution in [2.45, 2.75) is 30.0 Å². The highest BCUT2D eigenvalue weighted by Crippen LogP contribution is 2.29. The molecule has 3 rings (SSSR count). The van der Waals surface area contributed by atoms with Gasteiger partial charge in [-0.3, -0.25) is 4.55 Å². The summed E-state index contributed by atoms with van der Waals surface area (Å²) in [5, 5.41) is 20.7. The lowest BCUT2D eigenvalue weighted by Gasteiger charge is -2.40. The monoisotopic (exact) mass is 401 g/mol. The molecule has 0 amide bonds. The minimum Gasteiger partial charge on any atom is -0.483 e. The van der Waals surface area contributed by atoms with Crippen LogP contribution in [-0.4, -0.2) is 58.2 Å². The van der Waals surface area contributed by atoms with Gasteiger partial charge >= 0.3 is 0 Å². The molecular formula is C16H16FNO8S. The number of benzene rings is 1. The van der Waals surface area contributed by atoms with E-state index in [0.29, 0.717) is 0 Å². The van der Waals surface area contributed by atoms with Crippen molar-refractivity contribution >= 4 is 10.1 Å². The summed E-state index contributed by atoms with van der Waals surface area (Å²) in [4.78, 5) is 3.36. The third-order valence-corrected chi connectivity index (χ3v) is 4.74. The summed E-state index contributed by atoms with van der Waals surface area (Å²) in [5.41, 5.74) is -2.13. The zero-order chi connectivity index (χ0) is 19.6. The zero-order valence-corrected chi connectivity index (χ0v) is 14.4.